The van der Waals surface area contributed by atoms with Crippen LogP contribution in [0.25, 0.3) is 16.4 Å². The minimum atomic E-state index is -0.888. The van der Waals surface area contributed by atoms with Gasteiger partial charge in [0.2, 0.25) is 0 Å². The Bertz CT molecular complexity index is 1590. The fourth-order valence-corrected chi connectivity index (χ4v) is 4.69. The maximum absolute atomic E-state index is 13.2. The quantitative estimate of drug-likeness (QED) is 0.404. The number of pyridine rings is 1. The fourth-order valence-electron chi connectivity index (χ4n) is 4.69. The van der Waals surface area contributed by atoms with Crippen LogP contribution in [0.15, 0.2) is 47.5 Å². The van der Waals surface area contributed by atoms with Gasteiger partial charge in [-0.25, -0.2) is 9.67 Å². The van der Waals surface area contributed by atoms with Gasteiger partial charge < -0.3 is 14.2 Å². The summed E-state index contributed by atoms with van der Waals surface area (Å²) in [6, 6.07) is 11.1. The second-order valence-corrected chi connectivity index (χ2v) is 9.58. The molecule has 0 atom stereocenters. The molecule has 4 aromatic rings. The Morgan fingerprint density at radius 3 is 2.69 bits per heavy atom. The zero-order valence-corrected chi connectivity index (χ0v) is 19.5. The van der Waals surface area contributed by atoms with E-state index in [-0.39, 0.29) is 18.1 Å². The molecule has 1 N–H and O–H groups in total. The number of ether oxygens (including phenoxy) is 1. The van der Waals surface area contributed by atoms with Gasteiger partial charge in [0.25, 0.3) is 5.56 Å². The summed E-state index contributed by atoms with van der Waals surface area (Å²) >= 11 is 0. The van der Waals surface area contributed by atoms with Crippen molar-refractivity contribution in [3.8, 4) is 11.8 Å². The molecule has 1 aliphatic heterocycles. The number of likely N-dealkylation sites (tertiary alicyclic amines) is 1. The molecule has 0 amide bonds. The maximum Gasteiger partial charge on any atom is 0.317 e. The van der Waals surface area contributed by atoms with Crippen LogP contribution in [-0.2, 0) is 11.2 Å². The molecule has 10 heteroatoms. The van der Waals surface area contributed by atoms with E-state index in [0.29, 0.717) is 54.4 Å². The maximum atomic E-state index is 13.2. The molecule has 0 radical (unpaired) electrons. The first-order valence-corrected chi connectivity index (χ1v) is 12.0. The molecule has 36 heavy (non-hydrogen) atoms. The van der Waals surface area contributed by atoms with Crippen LogP contribution < -0.4 is 10.3 Å². The number of benzene rings is 1. The van der Waals surface area contributed by atoms with Gasteiger partial charge in [0.15, 0.2) is 5.75 Å². The Labute approximate surface area is 206 Å². The van der Waals surface area contributed by atoms with Gasteiger partial charge in [0, 0.05) is 37.2 Å². The van der Waals surface area contributed by atoms with Crippen LogP contribution in [0.4, 0.5) is 0 Å². The summed E-state index contributed by atoms with van der Waals surface area (Å²) in [6.45, 7) is 1.49. The molecule has 6 rings (SSSR count). The number of aliphatic carboxylic acids is 1. The van der Waals surface area contributed by atoms with Crippen molar-refractivity contribution in [3.05, 3.63) is 70.0 Å². The van der Waals surface area contributed by atoms with Gasteiger partial charge in [-0.05, 0) is 24.8 Å². The van der Waals surface area contributed by atoms with Gasteiger partial charge in [0.05, 0.1) is 47.7 Å². The number of aromatic nitrogens is 4. The van der Waals surface area contributed by atoms with Gasteiger partial charge in [-0.15, -0.1) is 0 Å². The van der Waals surface area contributed by atoms with Crippen LogP contribution in [0.2, 0.25) is 0 Å². The zero-order valence-electron chi connectivity index (χ0n) is 19.5. The predicted octanol–water partition coefficient (Wildman–Crippen LogP) is 2.24. The van der Waals surface area contributed by atoms with Crippen LogP contribution in [0.5, 0.6) is 5.75 Å². The summed E-state index contributed by atoms with van der Waals surface area (Å²) < 4.78 is 9.23. The van der Waals surface area contributed by atoms with Crippen LogP contribution in [0.3, 0.4) is 0 Å². The number of rotatable bonds is 8. The van der Waals surface area contributed by atoms with E-state index in [2.05, 4.69) is 6.07 Å². The van der Waals surface area contributed by atoms with Crippen LogP contribution in [-0.4, -0.2) is 61.4 Å². The summed E-state index contributed by atoms with van der Waals surface area (Å²) in [6.07, 6.45) is 6.42. The van der Waals surface area contributed by atoms with Crippen molar-refractivity contribution in [3.63, 3.8) is 0 Å². The topological polar surface area (TPSA) is 126 Å². The van der Waals surface area contributed by atoms with Gasteiger partial charge in [-0.1, -0.05) is 18.2 Å². The first kappa shape index (κ1) is 22.2. The molecule has 0 bridgehead atoms. The van der Waals surface area contributed by atoms with Gasteiger partial charge in [0.1, 0.15) is 11.7 Å². The second kappa shape index (κ2) is 8.77. The zero-order chi connectivity index (χ0) is 24.8. The van der Waals surface area contributed by atoms with Gasteiger partial charge in [-0.2, -0.15) is 10.4 Å². The number of imidazole rings is 1. The van der Waals surface area contributed by atoms with E-state index in [4.69, 9.17) is 19.9 Å². The third kappa shape index (κ3) is 4.18. The summed E-state index contributed by atoms with van der Waals surface area (Å²) in [5.41, 5.74) is 2.38. The standard InChI is InChI=1S/C26H24N6O4/c27-9-17-7-24-28-18(10-31(24)13-23(17)36-15-16-5-6-16)8-22-20-3-1-2-4-21(20)26(35)32(29-22)19-11-30(12-19)14-25(33)34/h1-4,7,10,13,16,19H,5-6,8,11-12,14-15H2,(H,33,34). The normalized spacial score (nSPS) is 16.2. The Morgan fingerprint density at radius 1 is 1.19 bits per heavy atom. The molecule has 3 aromatic heterocycles. The molecule has 2 aliphatic rings. The number of carboxylic acids is 1. The highest BCUT2D eigenvalue weighted by molar-refractivity contribution is 5.83. The lowest BCUT2D eigenvalue weighted by atomic mass is 10.1. The Kier molecular flexibility index (Phi) is 5.42. The average Bonchev–Trinajstić information content (AvgIpc) is 3.59. The van der Waals surface area contributed by atoms with E-state index >= 15 is 0 Å². The Hall–Kier alpha value is -4.23. The summed E-state index contributed by atoms with van der Waals surface area (Å²) in [5.74, 6) is 0.238. The first-order valence-electron chi connectivity index (χ1n) is 12.0. The number of carbonyl (C=O) groups is 1. The summed E-state index contributed by atoms with van der Waals surface area (Å²) in [4.78, 5) is 30.6. The van der Waals surface area contributed by atoms with E-state index in [9.17, 15) is 14.9 Å². The lowest BCUT2D eigenvalue weighted by Gasteiger charge is -2.38. The monoisotopic (exact) mass is 484 g/mol. The molecule has 2 fully saturated rings. The van der Waals surface area contributed by atoms with Crippen molar-refractivity contribution in [2.75, 3.05) is 26.2 Å². The number of carboxylic acid groups (broad SMARTS) is 1. The molecule has 1 aliphatic carbocycles. The molecule has 1 saturated carbocycles. The number of hydrogen-bond donors (Lipinski definition) is 1. The van der Waals surface area contributed by atoms with E-state index in [1.54, 1.807) is 23.2 Å². The summed E-state index contributed by atoms with van der Waals surface area (Å²) in [5, 5.41) is 24.6. The Morgan fingerprint density at radius 2 is 1.97 bits per heavy atom. The minimum absolute atomic E-state index is 0.0516. The van der Waals surface area contributed by atoms with Gasteiger partial charge in [-0.3, -0.25) is 14.5 Å². The number of fused-ring (bicyclic) bond motifs is 2. The first-order chi connectivity index (χ1) is 17.5. The molecule has 0 unspecified atom stereocenters. The van der Waals surface area contributed by atoms with Crippen LogP contribution in [0.1, 0.15) is 35.8 Å². The second-order valence-electron chi connectivity index (χ2n) is 9.58. The highest BCUT2D eigenvalue weighted by Gasteiger charge is 2.32. The number of nitrogens with zero attached hydrogens (tertiary/aromatic N) is 6. The highest BCUT2D eigenvalue weighted by Crippen LogP contribution is 2.31. The van der Waals surface area contributed by atoms with E-state index in [0.717, 1.165) is 16.8 Å². The molecule has 1 aromatic carbocycles. The van der Waals surface area contributed by atoms with Gasteiger partial charge >= 0.3 is 5.97 Å². The third-order valence-electron chi connectivity index (χ3n) is 6.79. The smallest absolute Gasteiger partial charge is 0.317 e. The third-order valence-corrected chi connectivity index (χ3v) is 6.79. The molecular formula is C26H24N6O4. The SMILES string of the molecule is N#Cc1cc2nc(Cc3nn(C4CN(CC(=O)O)C4)c(=O)c4ccccc34)cn2cc1OCC1CC1. The lowest BCUT2D eigenvalue weighted by Crippen LogP contribution is -2.52. The van der Waals surface area contributed by atoms with Crippen molar-refractivity contribution in [1.29, 1.82) is 5.26 Å². The van der Waals surface area contributed by atoms with E-state index in [1.807, 2.05) is 28.8 Å². The predicted molar refractivity (Wildman–Crippen MR) is 130 cm³/mol. The number of hydrogen-bond acceptors (Lipinski definition) is 7. The van der Waals surface area contributed by atoms with Crippen LogP contribution >= 0.6 is 0 Å². The van der Waals surface area contributed by atoms with Crippen molar-refractivity contribution in [1.82, 2.24) is 24.1 Å². The summed E-state index contributed by atoms with van der Waals surface area (Å²) in [7, 11) is 0. The van der Waals surface area contributed by atoms with E-state index < -0.39 is 5.97 Å². The Balaban J connectivity index is 1.33. The minimum Gasteiger partial charge on any atom is -0.490 e. The highest BCUT2D eigenvalue weighted by atomic mass is 16.5. The van der Waals surface area contributed by atoms with Crippen molar-refractivity contribution in [2.24, 2.45) is 5.92 Å². The molecule has 10 nitrogen and oxygen atoms in total. The van der Waals surface area contributed by atoms with Crippen molar-refractivity contribution < 1.29 is 14.6 Å². The molecule has 1 saturated heterocycles. The average molecular weight is 485 g/mol. The van der Waals surface area contributed by atoms with Crippen molar-refractivity contribution >= 4 is 22.4 Å². The van der Waals surface area contributed by atoms with Crippen LogP contribution in [0, 0.1) is 17.2 Å². The molecule has 182 valence electrons. The number of nitriles is 1. The molecular weight excluding hydrogens is 460 g/mol. The molecule has 4 heterocycles. The fraction of sp³-hybridized carbons (Fsp3) is 0.346. The van der Waals surface area contributed by atoms with E-state index in [1.165, 1.54) is 17.5 Å². The largest absolute Gasteiger partial charge is 0.490 e. The van der Waals surface area contributed by atoms with Crippen molar-refractivity contribution in [2.45, 2.75) is 25.3 Å². The molecule has 0 spiro atoms. The lowest BCUT2D eigenvalue weighted by molar-refractivity contribution is -0.139.